The number of thiophene rings is 4. The number of nitrogens with zero attached hydrogens (tertiary/aromatic N) is 2. The molecule has 6 aromatic heterocycles. The van der Waals surface area contributed by atoms with E-state index in [0.717, 1.165) is 43.6 Å². The topological polar surface area (TPSA) is 111 Å². The van der Waals surface area contributed by atoms with E-state index in [0.29, 0.717) is 39.3 Å². The van der Waals surface area contributed by atoms with Crippen LogP contribution in [0.15, 0.2) is 24.3 Å². The van der Waals surface area contributed by atoms with Crippen LogP contribution in [0.1, 0.15) is 67.4 Å². The Balaban J connectivity index is 1.03. The van der Waals surface area contributed by atoms with E-state index in [1.54, 1.807) is 0 Å². The van der Waals surface area contributed by atoms with Gasteiger partial charge in [-0.2, -0.15) is 17.6 Å². The molecule has 0 aromatic carbocycles. The maximum atomic E-state index is 13.9. The lowest BCUT2D eigenvalue weighted by Gasteiger charge is -2.03. The number of alkyl halides is 4. The molecular weight excluding hydrogens is 749 g/mol. The summed E-state index contributed by atoms with van der Waals surface area (Å²) in [6.07, 6.45) is 0. The Morgan fingerprint density at radius 2 is 0.854 bits per heavy atom. The number of ketones is 5. The molecule has 0 aliphatic heterocycles. The molecule has 0 saturated heterocycles. The first-order chi connectivity index (χ1) is 22.7. The molecule has 17 heteroatoms. The van der Waals surface area contributed by atoms with Gasteiger partial charge in [-0.3, -0.25) is 24.0 Å². The number of thiazole rings is 2. The monoisotopic (exact) mass is 758 g/mol. The highest BCUT2D eigenvalue weighted by molar-refractivity contribution is 7.31. The van der Waals surface area contributed by atoms with Gasteiger partial charge in [0.1, 0.15) is 21.4 Å². The van der Waals surface area contributed by atoms with Crippen LogP contribution in [0.2, 0.25) is 0 Å². The zero-order chi connectivity index (χ0) is 33.8. The fourth-order valence-electron chi connectivity index (χ4n) is 5.75. The van der Waals surface area contributed by atoms with Crippen molar-refractivity contribution in [1.82, 2.24) is 9.97 Å². The van der Waals surface area contributed by atoms with Gasteiger partial charge < -0.3 is 0 Å². The minimum atomic E-state index is -4.03. The molecule has 6 aromatic rings. The number of fused-ring (bicyclic) bond motifs is 5. The number of halogens is 4. The molecule has 0 saturated carbocycles. The molecule has 7 nitrogen and oxygen atoms in total. The molecule has 0 spiro atoms. The molecule has 48 heavy (non-hydrogen) atoms. The average molecular weight is 759 g/mol. The summed E-state index contributed by atoms with van der Waals surface area (Å²) in [5.41, 5.74) is 1.61. The van der Waals surface area contributed by atoms with Gasteiger partial charge in [-0.05, 0) is 49.2 Å². The van der Waals surface area contributed by atoms with Crippen LogP contribution in [-0.4, -0.2) is 50.7 Å². The largest absolute Gasteiger partial charge is 0.372 e. The summed E-state index contributed by atoms with van der Waals surface area (Å²) in [4.78, 5) is 75.7. The number of Topliss-reactive ketones (excluding diaryl/α,β-unsaturated/α-hetero) is 4. The molecule has 238 valence electrons. The van der Waals surface area contributed by atoms with Crippen LogP contribution in [0.5, 0.6) is 0 Å². The predicted octanol–water partition coefficient (Wildman–Crippen LogP) is 9.37. The molecule has 3 aliphatic rings. The van der Waals surface area contributed by atoms with Crippen molar-refractivity contribution in [1.29, 1.82) is 0 Å². The van der Waals surface area contributed by atoms with Crippen molar-refractivity contribution in [3.63, 3.8) is 0 Å². The van der Waals surface area contributed by atoms with Crippen molar-refractivity contribution < 1.29 is 41.5 Å². The summed E-state index contributed by atoms with van der Waals surface area (Å²) in [6.45, 7) is 3.65. The van der Waals surface area contributed by atoms with Crippen molar-refractivity contribution in [3.05, 3.63) is 67.7 Å². The van der Waals surface area contributed by atoms with Crippen LogP contribution < -0.4 is 0 Å². The highest BCUT2D eigenvalue weighted by atomic mass is 32.1. The van der Waals surface area contributed by atoms with E-state index in [4.69, 9.17) is 0 Å². The van der Waals surface area contributed by atoms with Crippen LogP contribution in [-0.2, 0) is 0 Å². The van der Waals surface area contributed by atoms with Crippen molar-refractivity contribution in [2.45, 2.75) is 25.7 Å². The zero-order valence-corrected chi connectivity index (χ0v) is 28.6. The number of hydrogen-bond acceptors (Lipinski definition) is 13. The van der Waals surface area contributed by atoms with Crippen molar-refractivity contribution in [2.75, 3.05) is 0 Å². The van der Waals surface area contributed by atoms with E-state index < -0.39 is 35.0 Å². The Hall–Kier alpha value is -3.87. The minimum Gasteiger partial charge on any atom is -0.287 e. The Bertz CT molecular complexity index is 2310. The van der Waals surface area contributed by atoms with Crippen molar-refractivity contribution >= 4 is 96.9 Å². The molecule has 0 unspecified atom stereocenters. The first-order valence-electron chi connectivity index (χ1n) is 13.7. The zero-order valence-electron chi connectivity index (χ0n) is 23.7. The Kier molecular flexibility index (Phi) is 6.06. The first-order valence-corrected chi connectivity index (χ1v) is 18.6. The summed E-state index contributed by atoms with van der Waals surface area (Å²) in [5, 5.41) is 1.15. The number of aromatic nitrogens is 2. The molecule has 0 radical (unpaired) electrons. The highest BCUT2D eigenvalue weighted by Crippen LogP contribution is 2.52. The third-order valence-electron chi connectivity index (χ3n) is 8.10. The Morgan fingerprint density at radius 1 is 0.479 bits per heavy atom. The number of carbonyl (C=O) groups excluding carboxylic acids is 5. The lowest BCUT2D eigenvalue weighted by molar-refractivity contribution is 0.0187. The quantitative estimate of drug-likeness (QED) is 0.130. The molecule has 0 fully saturated rings. The highest BCUT2D eigenvalue weighted by Gasteiger charge is 2.57. The van der Waals surface area contributed by atoms with Crippen molar-refractivity contribution in [3.8, 4) is 49.0 Å². The van der Waals surface area contributed by atoms with E-state index in [2.05, 4.69) is 9.97 Å². The lowest BCUT2D eigenvalue weighted by atomic mass is 10.2. The molecule has 3 aliphatic carbocycles. The third kappa shape index (κ3) is 3.85. The van der Waals surface area contributed by atoms with Crippen LogP contribution in [0.3, 0.4) is 0 Å². The fraction of sp³-hybridized carbons (Fsp3) is 0.129. The van der Waals surface area contributed by atoms with E-state index in [9.17, 15) is 41.5 Å². The van der Waals surface area contributed by atoms with Gasteiger partial charge >= 0.3 is 11.8 Å². The van der Waals surface area contributed by atoms with Crippen LogP contribution >= 0.6 is 68.0 Å². The van der Waals surface area contributed by atoms with E-state index >= 15 is 0 Å². The van der Waals surface area contributed by atoms with Gasteiger partial charge in [0.15, 0.2) is 0 Å². The first kappa shape index (κ1) is 30.2. The normalized spacial score (nSPS) is 17.1. The standard InChI is InChI=1S/C31H10F4N2O5S6/c1-7-3-13(45-18(7)11-5-9-20(43-11)26(41)30(32,33)24(9)39)28-36-15-17(38)16-23(22(15)47-28)48-29(37-16)14-4-8(2)19(46-14)12-6-10-21(44-12)27(42)31(34,35)25(10)40/h3-6H,1-2H3. The van der Waals surface area contributed by atoms with Gasteiger partial charge in [-0.25, -0.2) is 9.97 Å². The average Bonchev–Trinajstić information content (AvgIpc) is 3.88. The summed E-state index contributed by atoms with van der Waals surface area (Å²) >= 11 is 6.99. The number of aryl methyl sites for hydroxylation is 2. The molecule has 0 bridgehead atoms. The van der Waals surface area contributed by atoms with Crippen molar-refractivity contribution in [2.24, 2.45) is 0 Å². The molecule has 0 amide bonds. The molecular formula is C31H10F4N2O5S6. The maximum Gasteiger partial charge on any atom is 0.372 e. The van der Waals surface area contributed by atoms with E-state index in [1.165, 1.54) is 57.5 Å². The van der Waals surface area contributed by atoms with Gasteiger partial charge in [0.25, 0.3) is 11.6 Å². The second-order valence-corrected chi connectivity index (χ2v) is 17.3. The van der Waals surface area contributed by atoms with Gasteiger partial charge in [0, 0.05) is 30.6 Å². The lowest BCUT2D eigenvalue weighted by Crippen LogP contribution is -2.30. The van der Waals surface area contributed by atoms with Crippen LogP contribution in [0.25, 0.3) is 49.0 Å². The summed E-state index contributed by atoms with van der Waals surface area (Å²) < 4.78 is 55.6. The molecule has 0 N–H and O–H groups in total. The Morgan fingerprint density at radius 3 is 1.23 bits per heavy atom. The van der Waals surface area contributed by atoms with Crippen LogP contribution in [0, 0.1) is 13.8 Å². The number of rotatable bonds is 4. The molecule has 9 rings (SSSR count). The van der Waals surface area contributed by atoms with Gasteiger partial charge in [0.05, 0.1) is 29.3 Å². The maximum absolute atomic E-state index is 13.9. The third-order valence-corrected chi connectivity index (χ3v) is 15.8. The van der Waals surface area contributed by atoms with Gasteiger partial charge in [-0.15, -0.1) is 68.0 Å². The van der Waals surface area contributed by atoms with E-state index in [-0.39, 0.29) is 38.1 Å². The SMILES string of the molecule is Cc1cc(-c2nc3c(s2)-c2sc(-c4cc(C)c(-c5cc6c(s5)C(=O)C(F)(F)C6=O)s4)nc2C3=O)sc1-c1cc2c(s1)C(=O)C(F)(F)C2=O. The number of carbonyl (C=O) groups is 5. The molecule has 0 atom stereocenters. The van der Waals surface area contributed by atoms with Gasteiger partial charge in [-0.1, -0.05) is 0 Å². The summed E-state index contributed by atoms with van der Waals surface area (Å²) in [7, 11) is 0. The second-order valence-electron chi connectivity index (χ2n) is 11.1. The van der Waals surface area contributed by atoms with E-state index in [1.807, 2.05) is 26.0 Å². The second kappa shape index (κ2) is 9.64. The number of hydrogen-bond donors (Lipinski definition) is 0. The van der Waals surface area contributed by atoms with Crippen LogP contribution in [0.4, 0.5) is 17.6 Å². The smallest absolute Gasteiger partial charge is 0.287 e. The fourth-order valence-corrected chi connectivity index (χ4v) is 13.0. The van der Waals surface area contributed by atoms with Gasteiger partial charge in [0.2, 0.25) is 17.3 Å². The summed E-state index contributed by atoms with van der Waals surface area (Å²) in [6, 6.07) is 6.39. The minimum absolute atomic E-state index is 0.247. The predicted molar refractivity (Wildman–Crippen MR) is 177 cm³/mol. The molecule has 6 heterocycles. The summed E-state index contributed by atoms with van der Waals surface area (Å²) in [5.74, 6) is -14.3. The Labute approximate surface area is 289 Å².